The van der Waals surface area contributed by atoms with E-state index in [9.17, 15) is 9.90 Å². The van der Waals surface area contributed by atoms with Crippen LogP contribution in [0.3, 0.4) is 0 Å². The van der Waals surface area contributed by atoms with E-state index in [2.05, 4.69) is 25.3 Å². The summed E-state index contributed by atoms with van der Waals surface area (Å²) in [5, 5.41) is 25.8. The number of aromatic amines is 1. The zero-order valence-corrected chi connectivity index (χ0v) is 20.7. The molecule has 9 nitrogen and oxygen atoms in total. The molecule has 2 aromatic carbocycles. The van der Waals surface area contributed by atoms with E-state index < -0.39 is 11.9 Å². The van der Waals surface area contributed by atoms with Gasteiger partial charge in [0.05, 0.1) is 11.8 Å². The van der Waals surface area contributed by atoms with Crippen LogP contribution in [-0.4, -0.2) is 62.7 Å². The van der Waals surface area contributed by atoms with Crippen LogP contribution in [0.25, 0.3) is 21.7 Å². The molecule has 2 aromatic heterocycles. The van der Waals surface area contributed by atoms with Crippen molar-refractivity contribution in [3.8, 4) is 27.4 Å². The van der Waals surface area contributed by atoms with Gasteiger partial charge in [-0.3, -0.25) is 5.10 Å². The van der Waals surface area contributed by atoms with E-state index in [0.717, 1.165) is 42.2 Å². The first-order chi connectivity index (χ1) is 18.0. The Balaban J connectivity index is 1.24. The number of piperidine rings is 1. The highest BCUT2D eigenvalue weighted by molar-refractivity contribution is 7.18. The summed E-state index contributed by atoms with van der Waals surface area (Å²) in [5.74, 6) is -0.0468. The standard InChI is InChI=1S/C26H25FN6O3S/c27-20-10-18(19-12-28-29-13-19)11-21(36-14-17-4-2-1-3-5-17)22(20)23-30-31-24(37-23)33-15-26(16-33)6-8-32(9-7-26)25(34)35/h1-5,10-13H,6-9,14-16H2,(H,28,29)(H,34,35). The van der Waals surface area contributed by atoms with Gasteiger partial charge in [-0.05, 0) is 36.1 Å². The van der Waals surface area contributed by atoms with E-state index in [-0.39, 0.29) is 17.6 Å². The van der Waals surface area contributed by atoms with Crippen LogP contribution >= 0.6 is 11.3 Å². The van der Waals surface area contributed by atoms with Crippen LogP contribution in [0.2, 0.25) is 0 Å². The molecule has 0 aliphatic carbocycles. The summed E-state index contributed by atoms with van der Waals surface area (Å²) in [6.07, 6.45) is 4.16. The lowest BCUT2D eigenvalue weighted by Crippen LogP contribution is -2.60. The molecule has 0 atom stereocenters. The average molecular weight is 521 g/mol. The number of halogens is 1. The molecule has 37 heavy (non-hydrogen) atoms. The quantitative estimate of drug-likeness (QED) is 0.373. The Hall–Kier alpha value is -3.99. The lowest BCUT2D eigenvalue weighted by atomic mass is 9.72. The fraction of sp³-hybridized carbons (Fsp3) is 0.308. The highest BCUT2D eigenvalue weighted by Gasteiger charge is 2.46. The van der Waals surface area contributed by atoms with Crippen LogP contribution in [-0.2, 0) is 6.61 Å². The summed E-state index contributed by atoms with van der Waals surface area (Å²) in [4.78, 5) is 14.8. The largest absolute Gasteiger partial charge is 0.488 e. The SMILES string of the molecule is O=C(O)N1CCC2(CC1)CN(c1nnc(-c3c(F)cc(-c4cn[nH]c4)cc3OCc3ccccc3)s1)C2. The van der Waals surface area contributed by atoms with Gasteiger partial charge in [-0.15, -0.1) is 10.2 Å². The summed E-state index contributed by atoms with van der Waals surface area (Å²) >= 11 is 1.34. The van der Waals surface area contributed by atoms with E-state index in [4.69, 9.17) is 4.74 Å². The number of aromatic nitrogens is 4. The van der Waals surface area contributed by atoms with Gasteiger partial charge in [-0.2, -0.15) is 5.10 Å². The molecule has 2 saturated heterocycles. The van der Waals surface area contributed by atoms with Crippen molar-refractivity contribution in [3.05, 3.63) is 66.2 Å². The highest BCUT2D eigenvalue weighted by Crippen LogP contribution is 2.45. The maximum absolute atomic E-state index is 15.6. The predicted octanol–water partition coefficient (Wildman–Crippen LogP) is 4.89. The van der Waals surface area contributed by atoms with Crippen LogP contribution in [0.15, 0.2) is 54.9 Å². The van der Waals surface area contributed by atoms with Gasteiger partial charge in [-0.1, -0.05) is 41.7 Å². The Morgan fingerprint density at radius 3 is 2.62 bits per heavy atom. The molecule has 2 fully saturated rings. The third kappa shape index (κ3) is 4.62. The van der Waals surface area contributed by atoms with Gasteiger partial charge in [0, 0.05) is 43.4 Å². The summed E-state index contributed by atoms with van der Waals surface area (Å²) in [5.41, 5.74) is 2.78. The number of rotatable bonds is 6. The molecule has 6 rings (SSSR count). The van der Waals surface area contributed by atoms with E-state index in [1.54, 1.807) is 12.4 Å². The van der Waals surface area contributed by atoms with Gasteiger partial charge >= 0.3 is 6.09 Å². The molecule has 0 radical (unpaired) electrons. The number of anilines is 1. The van der Waals surface area contributed by atoms with Crippen molar-refractivity contribution in [1.82, 2.24) is 25.3 Å². The predicted molar refractivity (Wildman–Crippen MR) is 137 cm³/mol. The fourth-order valence-electron chi connectivity index (χ4n) is 5.05. The van der Waals surface area contributed by atoms with E-state index in [0.29, 0.717) is 29.4 Å². The minimum Gasteiger partial charge on any atom is -0.488 e. The third-order valence-electron chi connectivity index (χ3n) is 7.17. The van der Waals surface area contributed by atoms with Crippen molar-refractivity contribution in [1.29, 1.82) is 0 Å². The van der Waals surface area contributed by atoms with Crippen LogP contribution in [0, 0.1) is 11.2 Å². The van der Waals surface area contributed by atoms with Gasteiger partial charge < -0.3 is 19.6 Å². The van der Waals surface area contributed by atoms with Gasteiger partial charge in [0.2, 0.25) is 5.13 Å². The number of nitrogens with zero attached hydrogens (tertiary/aromatic N) is 5. The van der Waals surface area contributed by atoms with Gasteiger partial charge in [0.1, 0.15) is 18.2 Å². The number of carbonyl (C=O) groups is 1. The smallest absolute Gasteiger partial charge is 0.407 e. The molecule has 4 aromatic rings. The number of ether oxygens (including phenoxy) is 1. The summed E-state index contributed by atoms with van der Waals surface area (Å²) in [6.45, 7) is 3.00. The maximum Gasteiger partial charge on any atom is 0.407 e. The van der Waals surface area contributed by atoms with Crippen LogP contribution in [0.1, 0.15) is 18.4 Å². The van der Waals surface area contributed by atoms with Crippen molar-refractivity contribution >= 4 is 22.6 Å². The normalized spacial score (nSPS) is 16.6. The van der Waals surface area contributed by atoms with Gasteiger partial charge in [-0.25, -0.2) is 9.18 Å². The lowest BCUT2D eigenvalue weighted by molar-refractivity contribution is 0.0710. The monoisotopic (exact) mass is 520 g/mol. The number of H-pyrrole nitrogens is 1. The lowest BCUT2D eigenvalue weighted by Gasteiger charge is -2.53. The number of hydrogen-bond acceptors (Lipinski definition) is 7. The summed E-state index contributed by atoms with van der Waals surface area (Å²) < 4.78 is 21.7. The number of hydrogen-bond donors (Lipinski definition) is 2. The Bertz CT molecular complexity index is 1400. The Kier molecular flexibility index (Phi) is 5.99. The fourth-order valence-corrected chi connectivity index (χ4v) is 5.94. The zero-order valence-electron chi connectivity index (χ0n) is 19.9. The summed E-state index contributed by atoms with van der Waals surface area (Å²) in [6, 6.07) is 13.0. The molecule has 2 N–H and O–H groups in total. The van der Waals surface area contributed by atoms with Gasteiger partial charge in [0.15, 0.2) is 5.01 Å². The molecule has 190 valence electrons. The average Bonchev–Trinajstić information content (AvgIpc) is 3.59. The molecular weight excluding hydrogens is 495 g/mol. The van der Waals surface area contributed by atoms with Crippen molar-refractivity contribution in [2.75, 3.05) is 31.1 Å². The second kappa shape index (κ2) is 9.47. The summed E-state index contributed by atoms with van der Waals surface area (Å²) in [7, 11) is 0. The molecule has 1 amide bonds. The number of benzene rings is 2. The minimum absolute atomic E-state index is 0.110. The van der Waals surface area contributed by atoms with Crippen molar-refractivity contribution in [3.63, 3.8) is 0 Å². The maximum atomic E-state index is 15.6. The van der Waals surface area contributed by atoms with Crippen molar-refractivity contribution in [2.24, 2.45) is 5.41 Å². The number of carboxylic acid groups (broad SMARTS) is 1. The van der Waals surface area contributed by atoms with Crippen LogP contribution < -0.4 is 9.64 Å². The van der Waals surface area contributed by atoms with E-state index in [1.807, 2.05) is 36.4 Å². The molecule has 0 unspecified atom stereocenters. The molecular formula is C26H25FN6O3S. The first kappa shape index (κ1) is 23.4. The molecule has 1 spiro atoms. The zero-order chi connectivity index (χ0) is 25.4. The Labute approximate surface area is 216 Å². The molecule has 11 heteroatoms. The van der Waals surface area contributed by atoms with Crippen molar-refractivity contribution < 1.29 is 19.0 Å². The van der Waals surface area contributed by atoms with Crippen LogP contribution in [0.4, 0.5) is 14.3 Å². The second-order valence-corrected chi connectivity index (χ2v) is 10.6. The number of nitrogens with one attached hydrogen (secondary N) is 1. The Morgan fingerprint density at radius 1 is 1.14 bits per heavy atom. The van der Waals surface area contributed by atoms with Crippen LogP contribution in [0.5, 0.6) is 5.75 Å². The highest BCUT2D eigenvalue weighted by atomic mass is 32.1. The Morgan fingerprint density at radius 2 is 1.92 bits per heavy atom. The van der Waals surface area contributed by atoms with Crippen molar-refractivity contribution in [2.45, 2.75) is 19.4 Å². The first-order valence-electron chi connectivity index (χ1n) is 12.1. The van der Waals surface area contributed by atoms with Gasteiger partial charge in [0.25, 0.3) is 0 Å². The molecule has 2 aliphatic rings. The number of likely N-dealkylation sites (tertiary alicyclic amines) is 1. The topological polar surface area (TPSA) is 107 Å². The number of amides is 1. The third-order valence-corrected chi connectivity index (χ3v) is 8.17. The van der Waals surface area contributed by atoms with E-state index >= 15 is 4.39 Å². The second-order valence-electron chi connectivity index (χ2n) is 9.61. The molecule has 0 bridgehead atoms. The molecule has 4 heterocycles. The molecule has 0 saturated carbocycles. The first-order valence-corrected chi connectivity index (χ1v) is 12.9. The molecule has 2 aliphatic heterocycles. The minimum atomic E-state index is -0.856. The van der Waals surface area contributed by atoms with E-state index in [1.165, 1.54) is 22.3 Å².